The van der Waals surface area contributed by atoms with E-state index in [1.165, 1.54) is 12.1 Å². The minimum absolute atomic E-state index is 0.00954. The lowest BCUT2D eigenvalue weighted by Gasteiger charge is -2.09. The van der Waals surface area contributed by atoms with Crippen LogP contribution in [0.25, 0.3) is 0 Å². The number of rotatable bonds is 6. The normalized spacial score (nSPS) is 10.3. The third-order valence-corrected chi connectivity index (χ3v) is 2.22. The number of carbonyl (C=O) groups is 1. The van der Waals surface area contributed by atoms with Gasteiger partial charge < -0.3 is 16.4 Å². The molecule has 0 aliphatic heterocycles. The SMILES string of the molecule is CC(C)CNC(=O)CNc1nc(N)ccc1[N+](=O)[O-]. The fraction of sp³-hybridized carbons (Fsp3) is 0.455. The first-order valence-electron chi connectivity index (χ1n) is 5.81. The van der Waals surface area contributed by atoms with Crippen LogP contribution < -0.4 is 16.4 Å². The van der Waals surface area contributed by atoms with E-state index >= 15 is 0 Å². The van der Waals surface area contributed by atoms with Gasteiger partial charge in [-0.1, -0.05) is 13.8 Å². The van der Waals surface area contributed by atoms with Crippen molar-refractivity contribution in [2.45, 2.75) is 13.8 Å². The van der Waals surface area contributed by atoms with E-state index in [1.807, 2.05) is 13.8 Å². The highest BCUT2D eigenvalue weighted by Crippen LogP contribution is 2.22. The van der Waals surface area contributed by atoms with Crippen LogP contribution in [-0.4, -0.2) is 28.9 Å². The van der Waals surface area contributed by atoms with Gasteiger partial charge in [-0.3, -0.25) is 14.9 Å². The molecule has 0 saturated carbocycles. The number of carbonyl (C=O) groups excluding carboxylic acids is 1. The minimum atomic E-state index is -0.583. The van der Waals surface area contributed by atoms with Crippen LogP contribution in [0.2, 0.25) is 0 Å². The van der Waals surface area contributed by atoms with Crippen LogP contribution in [0.3, 0.4) is 0 Å². The highest BCUT2D eigenvalue weighted by Gasteiger charge is 2.16. The zero-order valence-electron chi connectivity index (χ0n) is 10.8. The van der Waals surface area contributed by atoms with Gasteiger partial charge in [0.1, 0.15) is 5.82 Å². The molecule has 0 unspecified atom stereocenters. The van der Waals surface area contributed by atoms with E-state index in [9.17, 15) is 14.9 Å². The van der Waals surface area contributed by atoms with Gasteiger partial charge in [0, 0.05) is 12.6 Å². The molecular formula is C11H17N5O3. The molecule has 0 aliphatic rings. The molecule has 8 nitrogen and oxygen atoms in total. The predicted octanol–water partition coefficient (Wildman–Crippen LogP) is 0.756. The summed E-state index contributed by atoms with van der Waals surface area (Å²) >= 11 is 0. The highest BCUT2D eigenvalue weighted by molar-refractivity contribution is 5.81. The zero-order valence-corrected chi connectivity index (χ0v) is 10.8. The fourth-order valence-corrected chi connectivity index (χ4v) is 1.29. The molecule has 0 radical (unpaired) electrons. The second-order valence-electron chi connectivity index (χ2n) is 4.41. The number of hydrogen-bond acceptors (Lipinski definition) is 6. The second-order valence-corrected chi connectivity index (χ2v) is 4.41. The Bertz CT molecular complexity index is 475. The Balaban J connectivity index is 2.64. The highest BCUT2D eigenvalue weighted by atomic mass is 16.6. The lowest BCUT2D eigenvalue weighted by molar-refractivity contribution is -0.384. The Kier molecular flexibility index (Phi) is 5.04. The van der Waals surface area contributed by atoms with Crippen LogP contribution in [0, 0.1) is 16.0 Å². The smallest absolute Gasteiger partial charge is 0.311 e. The number of hydrogen-bond donors (Lipinski definition) is 3. The van der Waals surface area contributed by atoms with Crippen molar-refractivity contribution >= 4 is 23.2 Å². The Morgan fingerprint density at radius 3 is 2.79 bits per heavy atom. The largest absolute Gasteiger partial charge is 0.384 e. The summed E-state index contributed by atoms with van der Waals surface area (Å²) in [6.45, 7) is 4.40. The van der Waals surface area contributed by atoms with Gasteiger partial charge >= 0.3 is 5.69 Å². The number of nitrogens with one attached hydrogen (secondary N) is 2. The number of nitrogens with zero attached hydrogens (tertiary/aromatic N) is 2. The van der Waals surface area contributed by atoms with E-state index in [0.29, 0.717) is 12.5 Å². The quantitative estimate of drug-likeness (QED) is 0.516. The van der Waals surface area contributed by atoms with Gasteiger partial charge in [0.15, 0.2) is 0 Å². The monoisotopic (exact) mass is 267 g/mol. The Morgan fingerprint density at radius 1 is 1.53 bits per heavy atom. The summed E-state index contributed by atoms with van der Waals surface area (Å²) in [6, 6.07) is 2.58. The molecule has 0 aromatic carbocycles. The van der Waals surface area contributed by atoms with Gasteiger partial charge in [-0.25, -0.2) is 4.98 Å². The topological polar surface area (TPSA) is 123 Å². The number of anilines is 2. The average Bonchev–Trinajstić information content (AvgIpc) is 2.33. The van der Waals surface area contributed by atoms with Crippen molar-refractivity contribution in [3.05, 3.63) is 22.2 Å². The molecular weight excluding hydrogens is 250 g/mol. The first kappa shape index (κ1) is 14.7. The third-order valence-electron chi connectivity index (χ3n) is 2.22. The van der Waals surface area contributed by atoms with Crippen molar-refractivity contribution < 1.29 is 9.72 Å². The van der Waals surface area contributed by atoms with Crippen molar-refractivity contribution in [2.24, 2.45) is 5.92 Å². The first-order chi connectivity index (χ1) is 8.90. The van der Waals surface area contributed by atoms with Crippen LogP contribution >= 0.6 is 0 Å². The van der Waals surface area contributed by atoms with E-state index in [4.69, 9.17) is 5.73 Å². The standard InChI is InChI=1S/C11H17N5O3/c1-7(2)5-13-10(17)6-14-11-8(16(18)19)3-4-9(12)15-11/h3-4,7H,5-6H2,1-2H3,(H,13,17)(H3,12,14,15). The Labute approximate surface area is 110 Å². The van der Waals surface area contributed by atoms with Crippen LogP contribution in [0.4, 0.5) is 17.3 Å². The van der Waals surface area contributed by atoms with Crippen LogP contribution in [0.5, 0.6) is 0 Å². The lowest BCUT2D eigenvalue weighted by Crippen LogP contribution is -2.32. The van der Waals surface area contributed by atoms with Crippen LogP contribution in [0.15, 0.2) is 12.1 Å². The predicted molar refractivity (Wildman–Crippen MR) is 71.6 cm³/mol. The molecule has 1 heterocycles. The van der Waals surface area contributed by atoms with Crippen molar-refractivity contribution in [2.75, 3.05) is 24.1 Å². The zero-order chi connectivity index (χ0) is 14.4. The molecule has 1 amide bonds. The number of nitro groups is 1. The molecule has 19 heavy (non-hydrogen) atoms. The van der Waals surface area contributed by atoms with E-state index in [2.05, 4.69) is 15.6 Å². The van der Waals surface area contributed by atoms with Gasteiger partial charge in [-0.2, -0.15) is 0 Å². The molecule has 104 valence electrons. The maximum absolute atomic E-state index is 11.5. The Hall–Kier alpha value is -2.38. The second kappa shape index (κ2) is 6.53. The number of amides is 1. The van der Waals surface area contributed by atoms with Gasteiger partial charge in [-0.05, 0) is 12.0 Å². The molecule has 0 bridgehead atoms. The third kappa shape index (κ3) is 4.78. The summed E-state index contributed by atoms with van der Waals surface area (Å²) in [7, 11) is 0. The molecule has 1 rings (SSSR count). The minimum Gasteiger partial charge on any atom is -0.384 e. The molecule has 8 heteroatoms. The summed E-state index contributed by atoms with van der Waals surface area (Å²) in [5.74, 6) is 0.219. The number of aromatic nitrogens is 1. The fourth-order valence-electron chi connectivity index (χ4n) is 1.29. The van der Waals surface area contributed by atoms with Crippen molar-refractivity contribution in [3.63, 3.8) is 0 Å². The van der Waals surface area contributed by atoms with Gasteiger partial charge in [0.25, 0.3) is 0 Å². The van der Waals surface area contributed by atoms with E-state index in [1.54, 1.807) is 0 Å². The van der Waals surface area contributed by atoms with E-state index in [0.717, 1.165) is 0 Å². The molecule has 1 aromatic rings. The van der Waals surface area contributed by atoms with E-state index < -0.39 is 4.92 Å². The molecule has 4 N–H and O–H groups in total. The van der Waals surface area contributed by atoms with Crippen LogP contribution in [-0.2, 0) is 4.79 Å². The molecule has 0 atom stereocenters. The number of nitrogen functional groups attached to an aromatic ring is 1. The Morgan fingerprint density at radius 2 is 2.21 bits per heavy atom. The summed E-state index contributed by atoms with van der Waals surface area (Å²) in [5.41, 5.74) is 5.24. The summed E-state index contributed by atoms with van der Waals surface area (Å²) in [5, 5.41) is 16.1. The summed E-state index contributed by atoms with van der Waals surface area (Å²) in [4.78, 5) is 25.5. The van der Waals surface area contributed by atoms with Crippen LogP contribution in [0.1, 0.15) is 13.8 Å². The molecule has 0 saturated heterocycles. The summed E-state index contributed by atoms with van der Waals surface area (Å²) < 4.78 is 0. The van der Waals surface area contributed by atoms with Crippen molar-refractivity contribution in [1.82, 2.24) is 10.3 Å². The number of pyridine rings is 1. The summed E-state index contributed by atoms with van der Waals surface area (Å²) in [6.07, 6.45) is 0. The van der Waals surface area contributed by atoms with Gasteiger partial charge in [0.05, 0.1) is 11.5 Å². The molecule has 0 aliphatic carbocycles. The van der Waals surface area contributed by atoms with E-state index in [-0.39, 0.29) is 29.8 Å². The molecule has 1 aromatic heterocycles. The number of nitrogens with two attached hydrogens (primary N) is 1. The van der Waals surface area contributed by atoms with Gasteiger partial charge in [-0.15, -0.1) is 0 Å². The lowest BCUT2D eigenvalue weighted by atomic mass is 10.2. The van der Waals surface area contributed by atoms with Crippen molar-refractivity contribution in [1.29, 1.82) is 0 Å². The average molecular weight is 267 g/mol. The maximum Gasteiger partial charge on any atom is 0.311 e. The molecule has 0 fully saturated rings. The maximum atomic E-state index is 11.5. The van der Waals surface area contributed by atoms with Gasteiger partial charge in [0.2, 0.25) is 11.7 Å². The molecule has 0 spiro atoms. The van der Waals surface area contributed by atoms with Crippen molar-refractivity contribution in [3.8, 4) is 0 Å². The first-order valence-corrected chi connectivity index (χ1v) is 5.81.